The van der Waals surface area contributed by atoms with Crippen LogP contribution in [-0.4, -0.2) is 16.7 Å². The Balaban J connectivity index is 2.76. The van der Waals surface area contributed by atoms with Crippen LogP contribution in [0.25, 0.3) is 10.9 Å². The van der Waals surface area contributed by atoms with Crippen molar-refractivity contribution in [2.45, 2.75) is 13.3 Å². The van der Waals surface area contributed by atoms with Crippen LogP contribution < -0.4 is 5.73 Å². The molecule has 17 heavy (non-hydrogen) atoms. The third-order valence-corrected chi connectivity index (χ3v) is 2.82. The van der Waals surface area contributed by atoms with Crippen LogP contribution in [-0.2, 0) is 6.42 Å². The van der Waals surface area contributed by atoms with E-state index in [1.807, 2.05) is 19.1 Å². The molecule has 4 nitrogen and oxygen atoms in total. The van der Waals surface area contributed by atoms with Gasteiger partial charge < -0.3 is 10.8 Å². The highest BCUT2D eigenvalue weighted by Crippen LogP contribution is 2.25. The molecule has 4 heteroatoms. The van der Waals surface area contributed by atoms with Crippen LogP contribution >= 0.6 is 0 Å². The van der Waals surface area contributed by atoms with E-state index in [2.05, 4.69) is 11.1 Å². The number of nitriles is 1. The standard InChI is InChI=1S/C13H13N3O/c1-8-12(15)6-9(7-14)11-3-2-10(4-5-17)16-13(8)11/h2-3,6,17H,4-5,15H2,1H3. The van der Waals surface area contributed by atoms with E-state index in [-0.39, 0.29) is 6.61 Å². The van der Waals surface area contributed by atoms with Crippen molar-refractivity contribution >= 4 is 16.6 Å². The van der Waals surface area contributed by atoms with Gasteiger partial charge in [0.25, 0.3) is 0 Å². The molecule has 1 aromatic heterocycles. The number of aromatic nitrogens is 1. The van der Waals surface area contributed by atoms with Gasteiger partial charge in [-0.25, -0.2) is 0 Å². The van der Waals surface area contributed by atoms with Gasteiger partial charge in [0.1, 0.15) is 0 Å². The molecule has 0 saturated heterocycles. The first-order valence-electron chi connectivity index (χ1n) is 5.37. The second-order valence-electron chi connectivity index (χ2n) is 3.92. The number of fused-ring (bicyclic) bond motifs is 1. The van der Waals surface area contributed by atoms with Crippen molar-refractivity contribution in [1.29, 1.82) is 5.26 Å². The average Bonchev–Trinajstić information content (AvgIpc) is 2.34. The third-order valence-electron chi connectivity index (χ3n) is 2.82. The number of rotatable bonds is 2. The second-order valence-corrected chi connectivity index (χ2v) is 3.92. The molecule has 0 fully saturated rings. The summed E-state index contributed by atoms with van der Waals surface area (Å²) < 4.78 is 0. The molecule has 3 N–H and O–H groups in total. The molecule has 0 amide bonds. The molecule has 0 aliphatic rings. The highest BCUT2D eigenvalue weighted by molar-refractivity contribution is 5.91. The summed E-state index contributed by atoms with van der Waals surface area (Å²) in [5.41, 5.74) is 9.37. The molecule has 86 valence electrons. The van der Waals surface area contributed by atoms with Crippen molar-refractivity contribution in [3.8, 4) is 6.07 Å². The molecule has 0 saturated carbocycles. The van der Waals surface area contributed by atoms with E-state index in [1.54, 1.807) is 6.07 Å². The Morgan fingerprint density at radius 3 is 2.88 bits per heavy atom. The number of nitrogens with zero attached hydrogens (tertiary/aromatic N) is 2. The van der Waals surface area contributed by atoms with Crippen LogP contribution in [0.1, 0.15) is 16.8 Å². The summed E-state index contributed by atoms with van der Waals surface area (Å²) in [5.74, 6) is 0. The SMILES string of the molecule is Cc1c(N)cc(C#N)c2ccc(CCO)nc12. The van der Waals surface area contributed by atoms with Gasteiger partial charge in [-0.2, -0.15) is 5.26 Å². The first-order valence-corrected chi connectivity index (χ1v) is 5.37. The number of nitrogens with two attached hydrogens (primary N) is 1. The molecule has 1 aromatic carbocycles. The summed E-state index contributed by atoms with van der Waals surface area (Å²) in [6.07, 6.45) is 0.506. The van der Waals surface area contributed by atoms with Gasteiger partial charge in [-0.3, -0.25) is 4.98 Å². The van der Waals surface area contributed by atoms with Crippen LogP contribution in [0.2, 0.25) is 0 Å². The maximum Gasteiger partial charge on any atom is 0.0999 e. The number of aliphatic hydroxyl groups is 1. The molecule has 0 unspecified atom stereocenters. The normalized spacial score (nSPS) is 10.4. The third kappa shape index (κ3) is 1.93. The Morgan fingerprint density at radius 2 is 2.24 bits per heavy atom. The number of pyridine rings is 1. The van der Waals surface area contributed by atoms with Crippen LogP contribution in [0.15, 0.2) is 18.2 Å². The summed E-state index contributed by atoms with van der Waals surface area (Å²) in [7, 11) is 0. The lowest BCUT2D eigenvalue weighted by molar-refractivity contribution is 0.298. The molecule has 0 atom stereocenters. The van der Waals surface area contributed by atoms with Crippen molar-refractivity contribution in [2.75, 3.05) is 12.3 Å². The fourth-order valence-electron chi connectivity index (χ4n) is 1.83. The first-order chi connectivity index (χ1) is 8.17. The van der Waals surface area contributed by atoms with E-state index in [0.29, 0.717) is 17.7 Å². The van der Waals surface area contributed by atoms with Crippen LogP contribution in [0.3, 0.4) is 0 Å². The lowest BCUT2D eigenvalue weighted by Gasteiger charge is -2.08. The highest BCUT2D eigenvalue weighted by atomic mass is 16.3. The summed E-state index contributed by atoms with van der Waals surface area (Å²) in [5, 5.41) is 18.8. The van der Waals surface area contributed by atoms with E-state index >= 15 is 0 Å². The number of anilines is 1. The topological polar surface area (TPSA) is 82.9 Å². The van der Waals surface area contributed by atoms with Crippen LogP contribution in [0.5, 0.6) is 0 Å². The minimum Gasteiger partial charge on any atom is -0.398 e. The molecular weight excluding hydrogens is 214 g/mol. The van der Waals surface area contributed by atoms with Crippen molar-refractivity contribution in [1.82, 2.24) is 4.98 Å². The predicted octanol–water partition coefficient (Wildman–Crippen LogP) is 1.53. The highest BCUT2D eigenvalue weighted by Gasteiger charge is 2.09. The van der Waals surface area contributed by atoms with Gasteiger partial charge in [-0.1, -0.05) is 0 Å². The van der Waals surface area contributed by atoms with Crippen molar-refractivity contribution < 1.29 is 5.11 Å². The zero-order valence-electron chi connectivity index (χ0n) is 9.57. The maximum absolute atomic E-state index is 9.05. The summed E-state index contributed by atoms with van der Waals surface area (Å²) >= 11 is 0. The molecule has 0 bridgehead atoms. The van der Waals surface area contributed by atoms with Gasteiger partial charge in [-0.05, 0) is 30.7 Å². The van der Waals surface area contributed by atoms with Gasteiger partial charge in [0.15, 0.2) is 0 Å². The number of aliphatic hydroxyl groups excluding tert-OH is 1. The molecule has 0 spiro atoms. The minimum absolute atomic E-state index is 0.0605. The van der Waals surface area contributed by atoms with Gasteiger partial charge in [0.05, 0.1) is 17.1 Å². The molecule has 2 rings (SSSR count). The Bertz CT molecular complexity index is 614. The van der Waals surface area contributed by atoms with Gasteiger partial charge >= 0.3 is 0 Å². The summed E-state index contributed by atoms with van der Waals surface area (Å²) in [6, 6.07) is 7.48. The fourth-order valence-corrected chi connectivity index (χ4v) is 1.83. The fraction of sp³-hybridized carbons (Fsp3) is 0.231. The van der Waals surface area contributed by atoms with E-state index < -0.39 is 0 Å². The zero-order valence-corrected chi connectivity index (χ0v) is 9.57. The number of aryl methyl sites for hydroxylation is 1. The van der Waals surface area contributed by atoms with Crippen LogP contribution in [0.4, 0.5) is 5.69 Å². The second kappa shape index (κ2) is 4.40. The van der Waals surface area contributed by atoms with Crippen molar-refractivity contribution in [3.63, 3.8) is 0 Å². The monoisotopic (exact) mass is 227 g/mol. The zero-order chi connectivity index (χ0) is 12.4. The smallest absolute Gasteiger partial charge is 0.0999 e. The number of benzene rings is 1. The Kier molecular flexibility index (Phi) is 2.94. The Hall–Kier alpha value is -2.12. The maximum atomic E-state index is 9.05. The first kappa shape index (κ1) is 11.4. The summed E-state index contributed by atoms with van der Waals surface area (Å²) in [4.78, 5) is 4.44. The number of nitrogen functional groups attached to an aromatic ring is 1. The van der Waals surface area contributed by atoms with Gasteiger partial charge in [-0.15, -0.1) is 0 Å². The Labute approximate surface area is 99.3 Å². The van der Waals surface area contributed by atoms with Gasteiger partial charge in [0.2, 0.25) is 0 Å². The van der Waals surface area contributed by atoms with Crippen molar-refractivity contribution in [3.05, 3.63) is 35.0 Å². The quantitative estimate of drug-likeness (QED) is 0.762. The number of hydrogen-bond acceptors (Lipinski definition) is 4. The predicted molar refractivity (Wildman–Crippen MR) is 66.4 cm³/mol. The Morgan fingerprint density at radius 1 is 1.47 bits per heavy atom. The van der Waals surface area contributed by atoms with Crippen molar-refractivity contribution in [2.24, 2.45) is 0 Å². The van der Waals surface area contributed by atoms with E-state index in [4.69, 9.17) is 16.1 Å². The van der Waals surface area contributed by atoms with Crippen LogP contribution in [0, 0.1) is 18.3 Å². The summed E-state index contributed by atoms with van der Waals surface area (Å²) in [6.45, 7) is 1.94. The molecule has 1 heterocycles. The van der Waals surface area contributed by atoms with E-state index in [9.17, 15) is 0 Å². The molecule has 0 aliphatic heterocycles. The largest absolute Gasteiger partial charge is 0.398 e. The van der Waals surface area contributed by atoms with E-state index in [1.165, 1.54) is 0 Å². The molecule has 2 aromatic rings. The van der Waals surface area contributed by atoms with Gasteiger partial charge in [0, 0.05) is 29.8 Å². The molecule has 0 aliphatic carbocycles. The molecular formula is C13H13N3O. The number of hydrogen-bond donors (Lipinski definition) is 2. The average molecular weight is 227 g/mol. The lowest BCUT2D eigenvalue weighted by Crippen LogP contribution is -1.99. The minimum atomic E-state index is 0.0605. The lowest BCUT2D eigenvalue weighted by atomic mass is 10.0. The van der Waals surface area contributed by atoms with E-state index in [0.717, 1.165) is 22.2 Å². The molecule has 0 radical (unpaired) electrons.